The zero-order chi connectivity index (χ0) is 8.16. The molecule has 1 aliphatic heterocycles. The van der Waals surface area contributed by atoms with Gasteiger partial charge in [0.05, 0.1) is 19.4 Å². The molecular formula is C9H16NO+. The largest absolute Gasteiger partial charge is 0.390 e. The zero-order valence-corrected chi connectivity index (χ0v) is 7.03. The van der Waals surface area contributed by atoms with Crippen LogP contribution in [0.5, 0.6) is 0 Å². The Bertz CT molecular complexity index is 174. The van der Waals surface area contributed by atoms with Gasteiger partial charge in [-0.05, 0) is 19.1 Å². The summed E-state index contributed by atoms with van der Waals surface area (Å²) in [6.45, 7) is 5.33. The molecule has 0 aliphatic carbocycles. The monoisotopic (exact) mass is 154 g/mol. The van der Waals surface area contributed by atoms with Crippen molar-refractivity contribution in [1.29, 1.82) is 0 Å². The maximum atomic E-state index is 8.84. The predicted octanol–water partition coefficient (Wildman–Crippen LogP) is 0.899. The summed E-state index contributed by atoms with van der Waals surface area (Å²) in [5.41, 5.74) is 0. The van der Waals surface area contributed by atoms with Crippen molar-refractivity contribution in [2.45, 2.75) is 6.92 Å². The fourth-order valence-corrected chi connectivity index (χ4v) is 1.40. The average molecular weight is 154 g/mol. The molecule has 2 nitrogen and oxygen atoms in total. The van der Waals surface area contributed by atoms with E-state index in [4.69, 9.17) is 5.11 Å². The number of rotatable bonds is 3. The number of aliphatic hydroxyl groups is 1. The van der Waals surface area contributed by atoms with E-state index in [1.807, 2.05) is 0 Å². The molecule has 11 heavy (non-hydrogen) atoms. The second-order valence-corrected chi connectivity index (χ2v) is 2.93. The Morgan fingerprint density at radius 1 is 1.45 bits per heavy atom. The quantitative estimate of drug-likeness (QED) is 0.599. The summed E-state index contributed by atoms with van der Waals surface area (Å²) in [4.78, 5) is 0. The van der Waals surface area contributed by atoms with Gasteiger partial charge in [0.15, 0.2) is 0 Å². The van der Waals surface area contributed by atoms with E-state index in [0.717, 1.165) is 24.1 Å². The number of allylic oxidation sites excluding steroid dienone is 2. The second kappa shape index (κ2) is 3.69. The topological polar surface area (TPSA) is 20.2 Å². The molecule has 0 spiro atoms. The van der Waals surface area contributed by atoms with E-state index in [2.05, 4.69) is 31.4 Å². The Labute approximate surface area is 68.0 Å². The van der Waals surface area contributed by atoms with E-state index in [-0.39, 0.29) is 6.61 Å². The van der Waals surface area contributed by atoms with Crippen LogP contribution < -0.4 is 0 Å². The number of nitrogens with zero attached hydrogens (tertiary/aromatic N) is 1. The average Bonchev–Trinajstić information content (AvgIpc) is 2.07. The summed E-state index contributed by atoms with van der Waals surface area (Å²) in [7, 11) is 0. The predicted molar refractivity (Wildman–Crippen MR) is 45.9 cm³/mol. The summed E-state index contributed by atoms with van der Waals surface area (Å²) in [6.07, 6.45) is 8.43. The molecular weight excluding hydrogens is 138 g/mol. The molecule has 0 radical (unpaired) electrons. The van der Waals surface area contributed by atoms with Crippen molar-refractivity contribution in [2.24, 2.45) is 0 Å². The molecule has 1 N–H and O–H groups in total. The first-order valence-corrected chi connectivity index (χ1v) is 4.14. The molecule has 1 atom stereocenters. The van der Waals surface area contributed by atoms with Gasteiger partial charge in [0.1, 0.15) is 13.1 Å². The molecule has 0 aromatic carbocycles. The van der Waals surface area contributed by atoms with E-state index in [9.17, 15) is 0 Å². The maximum Gasteiger partial charge on any atom is 0.107 e. The third kappa shape index (κ3) is 1.91. The first kappa shape index (κ1) is 8.50. The van der Waals surface area contributed by atoms with Gasteiger partial charge in [0.25, 0.3) is 0 Å². The Hall–Kier alpha value is -0.600. The Morgan fingerprint density at radius 3 is 2.73 bits per heavy atom. The second-order valence-electron chi connectivity index (χ2n) is 2.93. The fraction of sp³-hybridized carbons (Fsp3) is 0.556. The third-order valence-electron chi connectivity index (χ3n) is 2.29. The molecule has 1 unspecified atom stereocenters. The molecule has 0 aromatic heterocycles. The van der Waals surface area contributed by atoms with E-state index in [0.29, 0.717) is 0 Å². The normalized spacial score (nSPS) is 29.3. The Morgan fingerprint density at radius 2 is 2.27 bits per heavy atom. The van der Waals surface area contributed by atoms with Gasteiger partial charge in [-0.15, -0.1) is 0 Å². The number of aliphatic hydroxyl groups excluding tert-OH is 1. The number of hydrogen-bond donors (Lipinski definition) is 1. The standard InChI is InChI=1S/C9H16NO/c1-2-10(8-9-11)6-4-3-5-7-10/h3-6,11H,2,7-9H2,1H3/q+1. The van der Waals surface area contributed by atoms with Crippen LogP contribution in [0.1, 0.15) is 6.92 Å². The van der Waals surface area contributed by atoms with Crippen molar-refractivity contribution < 1.29 is 9.59 Å². The van der Waals surface area contributed by atoms with Gasteiger partial charge in [0.2, 0.25) is 0 Å². The van der Waals surface area contributed by atoms with Crippen LogP contribution in [0, 0.1) is 0 Å². The van der Waals surface area contributed by atoms with E-state index < -0.39 is 0 Å². The van der Waals surface area contributed by atoms with Gasteiger partial charge in [-0.1, -0.05) is 6.08 Å². The van der Waals surface area contributed by atoms with Crippen molar-refractivity contribution in [2.75, 3.05) is 26.2 Å². The van der Waals surface area contributed by atoms with Crippen LogP contribution in [0.2, 0.25) is 0 Å². The summed E-state index contributed by atoms with van der Waals surface area (Å²) in [5, 5.41) is 8.84. The zero-order valence-electron chi connectivity index (χ0n) is 7.03. The highest BCUT2D eigenvalue weighted by atomic mass is 16.3. The molecule has 0 amide bonds. The Balaban J connectivity index is 2.60. The molecule has 62 valence electrons. The lowest BCUT2D eigenvalue weighted by Crippen LogP contribution is -2.45. The van der Waals surface area contributed by atoms with E-state index >= 15 is 0 Å². The molecule has 0 bridgehead atoms. The van der Waals surface area contributed by atoms with Gasteiger partial charge in [-0.25, -0.2) is 0 Å². The number of likely N-dealkylation sites (N-methyl/N-ethyl adjacent to an activating group) is 1. The van der Waals surface area contributed by atoms with Crippen molar-refractivity contribution >= 4 is 0 Å². The van der Waals surface area contributed by atoms with Crippen LogP contribution in [-0.4, -0.2) is 35.8 Å². The van der Waals surface area contributed by atoms with Crippen molar-refractivity contribution in [3.05, 3.63) is 24.4 Å². The minimum absolute atomic E-state index is 0.270. The highest BCUT2D eigenvalue weighted by Crippen LogP contribution is 2.11. The van der Waals surface area contributed by atoms with E-state index in [1.54, 1.807) is 0 Å². The molecule has 1 rings (SSSR count). The molecule has 2 heteroatoms. The van der Waals surface area contributed by atoms with Gasteiger partial charge >= 0.3 is 0 Å². The summed E-state index contributed by atoms with van der Waals surface area (Å²) in [5.74, 6) is 0. The lowest BCUT2D eigenvalue weighted by molar-refractivity contribution is -0.872. The first-order valence-electron chi connectivity index (χ1n) is 4.14. The van der Waals surface area contributed by atoms with Gasteiger partial charge in [-0.3, -0.25) is 4.48 Å². The Kier molecular flexibility index (Phi) is 2.85. The van der Waals surface area contributed by atoms with Crippen molar-refractivity contribution in [3.8, 4) is 0 Å². The fourth-order valence-electron chi connectivity index (χ4n) is 1.40. The van der Waals surface area contributed by atoms with Crippen LogP contribution >= 0.6 is 0 Å². The van der Waals surface area contributed by atoms with Gasteiger partial charge < -0.3 is 5.11 Å². The van der Waals surface area contributed by atoms with Crippen molar-refractivity contribution in [3.63, 3.8) is 0 Å². The first-order chi connectivity index (χ1) is 5.33. The summed E-state index contributed by atoms with van der Waals surface area (Å²) in [6, 6.07) is 0. The lowest BCUT2D eigenvalue weighted by Gasteiger charge is -2.33. The smallest absolute Gasteiger partial charge is 0.107 e. The van der Waals surface area contributed by atoms with Gasteiger partial charge in [-0.2, -0.15) is 0 Å². The molecule has 0 aromatic rings. The third-order valence-corrected chi connectivity index (χ3v) is 2.29. The SMILES string of the molecule is CC[N+]1(CCO)C=CC=CC1. The van der Waals surface area contributed by atoms with Crippen LogP contribution in [-0.2, 0) is 0 Å². The van der Waals surface area contributed by atoms with Gasteiger partial charge in [0, 0.05) is 0 Å². The minimum atomic E-state index is 0.270. The van der Waals surface area contributed by atoms with E-state index in [1.165, 1.54) is 0 Å². The molecule has 1 heterocycles. The summed E-state index contributed by atoms with van der Waals surface area (Å²) < 4.78 is 0.896. The maximum absolute atomic E-state index is 8.84. The molecule has 0 saturated heterocycles. The number of hydrogen-bond acceptors (Lipinski definition) is 1. The molecule has 0 saturated carbocycles. The lowest BCUT2D eigenvalue weighted by atomic mass is 10.2. The number of quaternary nitrogens is 1. The highest BCUT2D eigenvalue weighted by molar-refractivity contribution is 5.03. The highest BCUT2D eigenvalue weighted by Gasteiger charge is 2.20. The van der Waals surface area contributed by atoms with Crippen LogP contribution in [0.4, 0.5) is 0 Å². The van der Waals surface area contributed by atoms with Crippen LogP contribution in [0.15, 0.2) is 24.4 Å². The molecule has 1 aliphatic rings. The molecule has 0 fully saturated rings. The van der Waals surface area contributed by atoms with Crippen molar-refractivity contribution in [1.82, 2.24) is 0 Å². The van der Waals surface area contributed by atoms with Crippen LogP contribution in [0.25, 0.3) is 0 Å². The van der Waals surface area contributed by atoms with Crippen LogP contribution in [0.3, 0.4) is 0 Å². The minimum Gasteiger partial charge on any atom is -0.390 e. The summed E-state index contributed by atoms with van der Waals surface area (Å²) >= 11 is 0.